The Balaban J connectivity index is 1.58. The summed E-state index contributed by atoms with van der Waals surface area (Å²) in [5, 5.41) is 11.6. The fraction of sp³-hybridized carbons (Fsp3) is 0.235. The molecule has 1 N–H and O–H groups in total. The third-order valence-corrected chi connectivity index (χ3v) is 4.62. The van der Waals surface area contributed by atoms with Gasteiger partial charge in [0.15, 0.2) is 10.8 Å². The second-order valence-electron chi connectivity index (χ2n) is 5.24. The van der Waals surface area contributed by atoms with Gasteiger partial charge in [0.25, 0.3) is 0 Å². The molecule has 3 rings (SSSR count). The topological polar surface area (TPSA) is 68.5 Å². The van der Waals surface area contributed by atoms with Crippen LogP contribution in [0.2, 0.25) is 0 Å². The molecule has 1 aromatic carbocycles. The summed E-state index contributed by atoms with van der Waals surface area (Å²) in [5.74, 6) is 0.760. The van der Waals surface area contributed by atoms with Crippen LogP contribution in [0.1, 0.15) is 12.5 Å². The molecular weight excluding hydrogens is 324 g/mol. The number of pyridine rings is 1. The summed E-state index contributed by atoms with van der Waals surface area (Å²) in [5.41, 5.74) is 1.79. The number of carbonyl (C=O) groups excluding carboxylic acids is 1. The number of ether oxygens (including phenoxy) is 1. The predicted octanol–water partition coefficient (Wildman–Crippen LogP) is 2.53. The van der Waals surface area contributed by atoms with Crippen molar-refractivity contribution >= 4 is 23.3 Å². The number of methoxy groups -OCH3 is 1. The van der Waals surface area contributed by atoms with Crippen LogP contribution in [0.15, 0.2) is 53.8 Å². The number of hydrogen-bond acceptors (Lipinski definition) is 5. The Morgan fingerprint density at radius 3 is 2.79 bits per heavy atom. The minimum Gasteiger partial charge on any atom is -0.497 e. The molecular formula is C17H18N4O2S. The molecule has 0 saturated carbocycles. The van der Waals surface area contributed by atoms with Crippen LogP contribution < -0.4 is 10.1 Å². The number of nitrogens with one attached hydrogen (secondary N) is 1. The number of carbonyl (C=O) groups is 1. The standard InChI is InChI=1S/C17H18N4O2S/c1-12(24-17-20-19-15-5-3-4-10-21(15)17)16(22)18-11-13-6-8-14(23-2)9-7-13/h3-10,12H,11H2,1-2H3,(H,18,22)/t12-/m1/s1. The number of amides is 1. The Kier molecular flexibility index (Phi) is 5.00. The van der Waals surface area contributed by atoms with E-state index in [1.165, 1.54) is 11.8 Å². The van der Waals surface area contributed by atoms with Gasteiger partial charge in [0.1, 0.15) is 5.75 Å². The largest absolute Gasteiger partial charge is 0.497 e. The van der Waals surface area contributed by atoms with Crippen molar-refractivity contribution in [3.63, 3.8) is 0 Å². The number of aromatic nitrogens is 3. The third kappa shape index (κ3) is 3.68. The van der Waals surface area contributed by atoms with Crippen LogP contribution in [-0.2, 0) is 11.3 Å². The molecule has 0 bridgehead atoms. The van der Waals surface area contributed by atoms with Crippen LogP contribution in [0.4, 0.5) is 0 Å². The summed E-state index contributed by atoms with van der Waals surface area (Å²) >= 11 is 1.39. The highest BCUT2D eigenvalue weighted by Crippen LogP contribution is 2.22. The third-order valence-electron chi connectivity index (χ3n) is 3.56. The minimum atomic E-state index is -0.268. The van der Waals surface area contributed by atoms with E-state index in [1.54, 1.807) is 7.11 Å². The molecule has 7 heteroatoms. The van der Waals surface area contributed by atoms with E-state index in [-0.39, 0.29) is 11.2 Å². The molecule has 0 unspecified atom stereocenters. The van der Waals surface area contributed by atoms with Crippen LogP contribution in [0.5, 0.6) is 5.75 Å². The quantitative estimate of drug-likeness (QED) is 0.697. The molecule has 2 aromatic heterocycles. The van der Waals surface area contributed by atoms with E-state index in [9.17, 15) is 4.79 Å². The molecule has 0 saturated heterocycles. The summed E-state index contributed by atoms with van der Waals surface area (Å²) < 4.78 is 6.99. The highest BCUT2D eigenvalue weighted by atomic mass is 32.2. The number of hydrogen-bond donors (Lipinski definition) is 1. The van der Waals surface area contributed by atoms with Crippen LogP contribution in [-0.4, -0.2) is 32.9 Å². The number of fused-ring (bicyclic) bond motifs is 1. The maximum atomic E-state index is 12.3. The molecule has 1 atom stereocenters. The molecule has 1 amide bonds. The molecule has 0 aliphatic rings. The zero-order chi connectivity index (χ0) is 16.9. The second-order valence-corrected chi connectivity index (χ2v) is 6.55. The van der Waals surface area contributed by atoms with Gasteiger partial charge in [-0.1, -0.05) is 30.0 Å². The van der Waals surface area contributed by atoms with Crippen molar-refractivity contribution in [2.75, 3.05) is 7.11 Å². The van der Waals surface area contributed by atoms with E-state index in [2.05, 4.69) is 15.5 Å². The van der Waals surface area contributed by atoms with Crippen molar-refractivity contribution < 1.29 is 9.53 Å². The Morgan fingerprint density at radius 1 is 1.25 bits per heavy atom. The fourth-order valence-corrected chi connectivity index (χ4v) is 3.05. The molecule has 0 aliphatic heterocycles. The second kappa shape index (κ2) is 7.35. The van der Waals surface area contributed by atoms with Gasteiger partial charge in [0, 0.05) is 12.7 Å². The lowest BCUT2D eigenvalue weighted by Crippen LogP contribution is -2.30. The van der Waals surface area contributed by atoms with E-state index < -0.39 is 0 Å². The molecule has 0 aliphatic carbocycles. The van der Waals surface area contributed by atoms with Gasteiger partial charge in [0.05, 0.1) is 12.4 Å². The lowest BCUT2D eigenvalue weighted by Gasteiger charge is -2.11. The zero-order valence-corrected chi connectivity index (χ0v) is 14.3. The lowest BCUT2D eigenvalue weighted by molar-refractivity contribution is -0.120. The van der Waals surface area contributed by atoms with Gasteiger partial charge in [0.2, 0.25) is 5.91 Å². The molecule has 0 fully saturated rings. The van der Waals surface area contributed by atoms with Gasteiger partial charge in [-0.3, -0.25) is 9.20 Å². The van der Waals surface area contributed by atoms with Crippen molar-refractivity contribution in [2.45, 2.75) is 23.9 Å². The predicted molar refractivity (Wildman–Crippen MR) is 93.1 cm³/mol. The highest BCUT2D eigenvalue weighted by Gasteiger charge is 2.17. The lowest BCUT2D eigenvalue weighted by atomic mass is 10.2. The first-order valence-electron chi connectivity index (χ1n) is 7.54. The average Bonchev–Trinajstić information content (AvgIpc) is 3.03. The van der Waals surface area contributed by atoms with Gasteiger partial charge in [-0.2, -0.15) is 0 Å². The Hall–Kier alpha value is -2.54. The number of thioether (sulfide) groups is 1. The van der Waals surface area contributed by atoms with Crippen LogP contribution in [0.3, 0.4) is 0 Å². The zero-order valence-electron chi connectivity index (χ0n) is 13.5. The minimum absolute atomic E-state index is 0.0384. The summed E-state index contributed by atoms with van der Waals surface area (Å²) in [7, 11) is 1.63. The molecule has 6 nitrogen and oxygen atoms in total. The van der Waals surface area contributed by atoms with E-state index >= 15 is 0 Å². The fourth-order valence-electron chi connectivity index (χ4n) is 2.19. The normalized spacial score (nSPS) is 12.1. The van der Waals surface area contributed by atoms with Gasteiger partial charge < -0.3 is 10.1 Å². The molecule has 124 valence electrons. The van der Waals surface area contributed by atoms with Crippen molar-refractivity contribution in [3.8, 4) is 5.75 Å². The molecule has 2 heterocycles. The molecule has 0 radical (unpaired) electrons. The van der Waals surface area contributed by atoms with Gasteiger partial charge >= 0.3 is 0 Å². The van der Waals surface area contributed by atoms with Crippen molar-refractivity contribution in [2.24, 2.45) is 0 Å². The van der Waals surface area contributed by atoms with E-state index in [1.807, 2.05) is 60.0 Å². The van der Waals surface area contributed by atoms with E-state index in [4.69, 9.17) is 4.74 Å². The van der Waals surface area contributed by atoms with Gasteiger partial charge in [-0.05, 0) is 36.8 Å². The molecule has 0 spiro atoms. The number of rotatable bonds is 6. The summed E-state index contributed by atoms with van der Waals surface area (Å²) in [6.07, 6.45) is 1.89. The first-order chi connectivity index (χ1) is 11.7. The molecule has 24 heavy (non-hydrogen) atoms. The summed E-state index contributed by atoms with van der Waals surface area (Å²) in [6.45, 7) is 2.34. The first-order valence-corrected chi connectivity index (χ1v) is 8.42. The van der Waals surface area contributed by atoms with Crippen LogP contribution >= 0.6 is 11.8 Å². The maximum Gasteiger partial charge on any atom is 0.233 e. The average molecular weight is 342 g/mol. The first kappa shape index (κ1) is 16.3. The number of nitrogens with zero attached hydrogens (tertiary/aromatic N) is 3. The van der Waals surface area contributed by atoms with E-state index in [0.29, 0.717) is 11.7 Å². The maximum absolute atomic E-state index is 12.3. The Morgan fingerprint density at radius 2 is 2.04 bits per heavy atom. The number of benzene rings is 1. The van der Waals surface area contributed by atoms with Gasteiger partial charge in [-0.25, -0.2) is 0 Å². The SMILES string of the molecule is COc1ccc(CNC(=O)[C@@H](C)Sc2nnc3ccccn23)cc1. The monoisotopic (exact) mass is 342 g/mol. The Labute approximate surface area is 144 Å². The summed E-state index contributed by atoms with van der Waals surface area (Å²) in [4.78, 5) is 12.3. The summed E-state index contributed by atoms with van der Waals surface area (Å²) in [6, 6.07) is 13.3. The van der Waals surface area contributed by atoms with Crippen molar-refractivity contribution in [1.29, 1.82) is 0 Å². The van der Waals surface area contributed by atoms with Crippen LogP contribution in [0, 0.1) is 0 Å². The van der Waals surface area contributed by atoms with Crippen molar-refractivity contribution in [1.82, 2.24) is 19.9 Å². The van der Waals surface area contributed by atoms with Crippen LogP contribution in [0.25, 0.3) is 5.65 Å². The Bertz CT molecular complexity index is 832. The smallest absolute Gasteiger partial charge is 0.233 e. The van der Waals surface area contributed by atoms with E-state index in [0.717, 1.165) is 17.0 Å². The van der Waals surface area contributed by atoms with Gasteiger partial charge in [-0.15, -0.1) is 10.2 Å². The van der Waals surface area contributed by atoms with Crippen molar-refractivity contribution in [3.05, 3.63) is 54.2 Å². The highest BCUT2D eigenvalue weighted by molar-refractivity contribution is 8.00. The molecule has 3 aromatic rings.